The van der Waals surface area contributed by atoms with Crippen molar-refractivity contribution in [2.24, 2.45) is 0 Å². The zero-order valence-corrected chi connectivity index (χ0v) is 52.3. The van der Waals surface area contributed by atoms with Crippen LogP contribution in [0.25, 0.3) is 0 Å². The SMILES string of the molecule is CC/C=C\C/C=C\C/C=C\C/C=C\C/C=C\C/C=C\CCCCCCCCCCCCCCCCC(=O)OCC(COC(=O)CCCCCCC/C=C\CCCCC)OC(=O)CCCCCCCCC/C=C\C/C=C\C/C=C\CC. The Balaban J connectivity index is 4.20. The van der Waals surface area contributed by atoms with Crippen molar-refractivity contribution in [3.63, 3.8) is 0 Å². The van der Waals surface area contributed by atoms with Gasteiger partial charge in [0.1, 0.15) is 13.2 Å². The van der Waals surface area contributed by atoms with Gasteiger partial charge in [0.15, 0.2) is 6.10 Å². The molecule has 0 radical (unpaired) electrons. The highest BCUT2D eigenvalue weighted by Crippen LogP contribution is 2.16. The van der Waals surface area contributed by atoms with E-state index in [1.165, 1.54) is 141 Å². The molecule has 1 atom stereocenters. The van der Waals surface area contributed by atoms with Gasteiger partial charge in [-0.2, -0.15) is 0 Å². The molecule has 0 saturated carbocycles. The van der Waals surface area contributed by atoms with E-state index in [0.29, 0.717) is 19.3 Å². The second-order valence-corrected chi connectivity index (χ2v) is 22.0. The number of hydrogen-bond donors (Lipinski definition) is 0. The summed E-state index contributed by atoms with van der Waals surface area (Å²) in [6, 6.07) is 0. The minimum absolute atomic E-state index is 0.0848. The second-order valence-electron chi connectivity index (χ2n) is 22.0. The number of allylic oxidation sites excluding steroid dienone is 20. The van der Waals surface area contributed by atoms with Crippen molar-refractivity contribution in [1.82, 2.24) is 0 Å². The van der Waals surface area contributed by atoms with Crippen molar-refractivity contribution in [3.05, 3.63) is 122 Å². The third-order valence-corrected chi connectivity index (χ3v) is 14.2. The van der Waals surface area contributed by atoms with Gasteiger partial charge in [-0.05, 0) is 128 Å². The maximum absolute atomic E-state index is 12.9. The van der Waals surface area contributed by atoms with E-state index in [0.717, 1.165) is 128 Å². The maximum Gasteiger partial charge on any atom is 0.306 e. The van der Waals surface area contributed by atoms with Crippen LogP contribution in [0.1, 0.15) is 310 Å². The lowest BCUT2D eigenvalue weighted by Crippen LogP contribution is -2.30. The van der Waals surface area contributed by atoms with Gasteiger partial charge >= 0.3 is 17.9 Å². The fourth-order valence-electron chi connectivity index (χ4n) is 9.22. The van der Waals surface area contributed by atoms with E-state index in [4.69, 9.17) is 14.2 Å². The summed E-state index contributed by atoms with van der Waals surface area (Å²) in [6.45, 7) is 6.39. The van der Waals surface area contributed by atoms with Crippen LogP contribution < -0.4 is 0 Å². The molecule has 1 unspecified atom stereocenters. The van der Waals surface area contributed by atoms with Crippen LogP contribution in [-0.2, 0) is 28.6 Å². The molecular weight excluding hydrogens is 985 g/mol. The topological polar surface area (TPSA) is 78.9 Å². The molecule has 0 heterocycles. The molecular formula is C74H124O6. The average Bonchev–Trinajstić information content (AvgIpc) is 3.46. The number of carbonyl (C=O) groups excluding carboxylic acids is 3. The lowest BCUT2D eigenvalue weighted by atomic mass is 10.0. The third-order valence-electron chi connectivity index (χ3n) is 14.2. The molecule has 0 N–H and O–H groups in total. The lowest BCUT2D eigenvalue weighted by molar-refractivity contribution is -0.167. The molecule has 0 aromatic heterocycles. The Labute approximate surface area is 494 Å². The number of ether oxygens (including phenoxy) is 3. The predicted octanol–water partition coefficient (Wildman–Crippen LogP) is 23.2. The van der Waals surface area contributed by atoms with Gasteiger partial charge in [0.2, 0.25) is 0 Å². The third kappa shape index (κ3) is 64.6. The van der Waals surface area contributed by atoms with Crippen LogP contribution in [0.2, 0.25) is 0 Å². The normalized spacial score (nSPS) is 12.9. The summed E-state index contributed by atoms with van der Waals surface area (Å²) < 4.78 is 16.9. The van der Waals surface area contributed by atoms with Crippen LogP contribution in [-0.4, -0.2) is 37.2 Å². The molecule has 6 nitrogen and oxygen atoms in total. The molecule has 0 spiro atoms. The highest BCUT2D eigenvalue weighted by atomic mass is 16.6. The van der Waals surface area contributed by atoms with Crippen LogP contribution >= 0.6 is 0 Å². The summed E-state index contributed by atoms with van der Waals surface area (Å²) >= 11 is 0. The smallest absolute Gasteiger partial charge is 0.306 e. The molecule has 0 fully saturated rings. The van der Waals surface area contributed by atoms with E-state index in [1.807, 2.05) is 0 Å². The van der Waals surface area contributed by atoms with Gasteiger partial charge in [0, 0.05) is 19.3 Å². The Morgan fingerprint density at radius 2 is 0.487 bits per heavy atom. The van der Waals surface area contributed by atoms with Crippen LogP contribution in [0.4, 0.5) is 0 Å². The summed E-state index contributed by atoms with van der Waals surface area (Å²) in [5.74, 6) is -0.897. The first-order chi connectivity index (χ1) is 39.5. The number of hydrogen-bond acceptors (Lipinski definition) is 6. The highest BCUT2D eigenvalue weighted by molar-refractivity contribution is 5.71. The minimum atomic E-state index is -0.789. The fraction of sp³-hybridized carbons (Fsp3) is 0.689. The molecule has 0 aliphatic carbocycles. The summed E-state index contributed by atoms with van der Waals surface area (Å²) in [5.41, 5.74) is 0. The van der Waals surface area contributed by atoms with E-state index in [2.05, 4.69) is 142 Å². The van der Waals surface area contributed by atoms with Gasteiger partial charge in [-0.3, -0.25) is 14.4 Å². The molecule has 80 heavy (non-hydrogen) atoms. The van der Waals surface area contributed by atoms with Gasteiger partial charge in [0.05, 0.1) is 0 Å². The van der Waals surface area contributed by atoms with Crippen molar-refractivity contribution in [2.45, 2.75) is 316 Å². The summed E-state index contributed by atoms with van der Waals surface area (Å²) in [7, 11) is 0. The average molecular weight is 1110 g/mol. The van der Waals surface area contributed by atoms with Gasteiger partial charge in [0.25, 0.3) is 0 Å². The zero-order valence-electron chi connectivity index (χ0n) is 52.3. The number of carbonyl (C=O) groups is 3. The van der Waals surface area contributed by atoms with E-state index in [-0.39, 0.29) is 31.1 Å². The Morgan fingerprint density at radius 3 is 0.775 bits per heavy atom. The fourth-order valence-corrected chi connectivity index (χ4v) is 9.22. The maximum atomic E-state index is 12.9. The molecule has 6 heteroatoms. The van der Waals surface area contributed by atoms with Gasteiger partial charge in [-0.25, -0.2) is 0 Å². The second kappa shape index (κ2) is 67.3. The minimum Gasteiger partial charge on any atom is -0.462 e. The van der Waals surface area contributed by atoms with Crippen molar-refractivity contribution in [2.75, 3.05) is 13.2 Å². The monoisotopic (exact) mass is 1110 g/mol. The molecule has 0 aromatic rings. The lowest BCUT2D eigenvalue weighted by Gasteiger charge is -2.18. The molecule has 0 saturated heterocycles. The molecule has 0 amide bonds. The van der Waals surface area contributed by atoms with Gasteiger partial charge in [-0.1, -0.05) is 284 Å². The molecule has 0 aliphatic rings. The summed E-state index contributed by atoms with van der Waals surface area (Å²) in [5, 5.41) is 0. The molecule has 0 rings (SSSR count). The highest BCUT2D eigenvalue weighted by Gasteiger charge is 2.19. The van der Waals surface area contributed by atoms with Gasteiger partial charge < -0.3 is 14.2 Å². The Morgan fingerprint density at radius 1 is 0.263 bits per heavy atom. The number of esters is 3. The predicted molar refractivity (Wildman–Crippen MR) is 348 cm³/mol. The van der Waals surface area contributed by atoms with Crippen molar-refractivity contribution >= 4 is 17.9 Å². The van der Waals surface area contributed by atoms with E-state index in [9.17, 15) is 14.4 Å². The zero-order chi connectivity index (χ0) is 57.8. The Bertz CT molecular complexity index is 1650. The van der Waals surface area contributed by atoms with Crippen LogP contribution in [0.5, 0.6) is 0 Å². The number of rotatable bonds is 60. The van der Waals surface area contributed by atoms with Crippen LogP contribution in [0, 0.1) is 0 Å². The Hall–Kier alpha value is -4.19. The van der Waals surface area contributed by atoms with Crippen LogP contribution in [0.15, 0.2) is 122 Å². The Kier molecular flexibility index (Phi) is 63.8. The first-order valence-corrected chi connectivity index (χ1v) is 33.5. The standard InChI is InChI=1S/C74H124O6/c1-4-7-10-13-16-19-22-25-27-29-30-31-32-33-34-35-36-37-38-39-40-41-42-43-44-46-47-49-52-55-58-61-64-67-73(76)79-70-71(69-78-72(75)66-63-60-57-54-51-24-21-18-15-12-9-6-3)80-74(77)68-65-62-59-56-53-50-48-45-28-26-23-20-17-14-11-8-5-2/h7-8,10-11,16-21,25-28,30-31,33-34,36-37,71H,4-6,9,12-15,22-24,29,32,35,38-70H2,1-3H3/b10-7-,11-8-,19-16-,20-17-,21-18-,27-25-,28-26-,31-30-,34-33-,37-36-. The van der Waals surface area contributed by atoms with Crippen molar-refractivity contribution < 1.29 is 28.6 Å². The molecule has 0 bridgehead atoms. The van der Waals surface area contributed by atoms with Crippen LogP contribution in [0.3, 0.4) is 0 Å². The van der Waals surface area contributed by atoms with E-state index < -0.39 is 6.10 Å². The van der Waals surface area contributed by atoms with E-state index in [1.54, 1.807) is 0 Å². The first-order valence-electron chi connectivity index (χ1n) is 33.5. The quantitative estimate of drug-likeness (QED) is 0.0261. The summed E-state index contributed by atoms with van der Waals surface area (Å²) in [6.07, 6.45) is 93.6. The number of unbranched alkanes of at least 4 members (excludes halogenated alkanes) is 29. The summed E-state index contributed by atoms with van der Waals surface area (Å²) in [4.78, 5) is 38.3. The molecule has 456 valence electrons. The molecule has 0 aliphatic heterocycles. The first kappa shape index (κ1) is 75.8. The molecule has 0 aromatic carbocycles. The van der Waals surface area contributed by atoms with E-state index >= 15 is 0 Å². The van der Waals surface area contributed by atoms with Crippen molar-refractivity contribution in [1.29, 1.82) is 0 Å². The largest absolute Gasteiger partial charge is 0.462 e. The van der Waals surface area contributed by atoms with Crippen molar-refractivity contribution in [3.8, 4) is 0 Å². The van der Waals surface area contributed by atoms with Gasteiger partial charge in [-0.15, -0.1) is 0 Å².